The SMILES string of the molecule is O=C(NCCNC(=O)C1CCCCC1)c1ccc(S(=O)(=O)NCc2ccco2)cc1. The van der Waals surface area contributed by atoms with Gasteiger partial charge in [-0.2, -0.15) is 0 Å². The highest BCUT2D eigenvalue weighted by atomic mass is 32.2. The van der Waals surface area contributed by atoms with E-state index in [2.05, 4.69) is 15.4 Å². The van der Waals surface area contributed by atoms with Crippen molar-refractivity contribution in [1.29, 1.82) is 0 Å². The average Bonchev–Trinajstić information content (AvgIpc) is 3.29. The number of rotatable bonds is 9. The number of amides is 2. The summed E-state index contributed by atoms with van der Waals surface area (Å²) in [5, 5.41) is 5.59. The van der Waals surface area contributed by atoms with E-state index >= 15 is 0 Å². The number of hydrogen-bond acceptors (Lipinski definition) is 5. The van der Waals surface area contributed by atoms with E-state index in [1.165, 1.54) is 36.9 Å². The highest BCUT2D eigenvalue weighted by Crippen LogP contribution is 2.23. The molecule has 0 aliphatic heterocycles. The summed E-state index contributed by atoms with van der Waals surface area (Å²) in [5.74, 6) is 0.324. The maximum atomic E-state index is 12.3. The Labute approximate surface area is 176 Å². The van der Waals surface area contributed by atoms with Gasteiger partial charge in [-0.15, -0.1) is 0 Å². The van der Waals surface area contributed by atoms with Crippen molar-refractivity contribution in [2.24, 2.45) is 5.92 Å². The topological polar surface area (TPSA) is 118 Å². The molecular weight excluding hydrogens is 406 g/mol. The van der Waals surface area contributed by atoms with Crippen molar-refractivity contribution in [3.63, 3.8) is 0 Å². The quantitative estimate of drug-likeness (QED) is 0.524. The fourth-order valence-electron chi connectivity index (χ4n) is 3.42. The molecule has 1 heterocycles. The molecule has 1 saturated carbocycles. The molecule has 2 amide bonds. The smallest absolute Gasteiger partial charge is 0.251 e. The lowest BCUT2D eigenvalue weighted by molar-refractivity contribution is -0.125. The molecule has 9 heteroatoms. The lowest BCUT2D eigenvalue weighted by atomic mass is 9.89. The first-order valence-electron chi connectivity index (χ1n) is 10.1. The molecule has 1 aliphatic rings. The van der Waals surface area contributed by atoms with Gasteiger partial charge in [-0.05, 0) is 49.2 Å². The average molecular weight is 434 g/mol. The molecule has 8 nitrogen and oxygen atoms in total. The van der Waals surface area contributed by atoms with E-state index in [4.69, 9.17) is 4.42 Å². The molecule has 0 spiro atoms. The van der Waals surface area contributed by atoms with Gasteiger partial charge in [0.25, 0.3) is 5.91 Å². The standard InChI is InChI=1S/C21H27N3O5S/c25-20(16-5-2-1-3-6-16)22-12-13-23-21(26)17-8-10-19(11-9-17)30(27,28)24-15-18-7-4-14-29-18/h4,7-11,14,16,24H,1-3,5-6,12-13,15H2,(H,22,25)(H,23,26). The molecule has 0 bridgehead atoms. The van der Waals surface area contributed by atoms with Crippen LogP contribution in [-0.4, -0.2) is 33.3 Å². The van der Waals surface area contributed by atoms with Crippen molar-refractivity contribution < 1.29 is 22.4 Å². The van der Waals surface area contributed by atoms with Crippen LogP contribution in [-0.2, 0) is 21.4 Å². The van der Waals surface area contributed by atoms with E-state index in [1.54, 1.807) is 12.1 Å². The monoisotopic (exact) mass is 433 g/mol. The van der Waals surface area contributed by atoms with Crippen molar-refractivity contribution in [2.45, 2.75) is 43.5 Å². The van der Waals surface area contributed by atoms with Crippen LogP contribution < -0.4 is 15.4 Å². The van der Waals surface area contributed by atoms with Gasteiger partial charge in [0.1, 0.15) is 5.76 Å². The van der Waals surface area contributed by atoms with E-state index in [-0.39, 0.29) is 29.2 Å². The number of hydrogen-bond donors (Lipinski definition) is 3. The molecule has 0 saturated heterocycles. The Morgan fingerprint density at radius 2 is 1.67 bits per heavy atom. The van der Waals surface area contributed by atoms with Gasteiger partial charge in [-0.3, -0.25) is 9.59 Å². The fourth-order valence-corrected chi connectivity index (χ4v) is 4.41. The molecule has 2 aromatic rings. The Hall–Kier alpha value is -2.65. The van der Waals surface area contributed by atoms with E-state index in [1.807, 2.05) is 0 Å². The van der Waals surface area contributed by atoms with Crippen molar-refractivity contribution >= 4 is 21.8 Å². The van der Waals surface area contributed by atoms with E-state index in [0.717, 1.165) is 25.7 Å². The van der Waals surface area contributed by atoms with Gasteiger partial charge in [0.2, 0.25) is 15.9 Å². The first kappa shape index (κ1) is 22.0. The van der Waals surface area contributed by atoms with Gasteiger partial charge < -0.3 is 15.1 Å². The molecular formula is C21H27N3O5S. The highest BCUT2D eigenvalue weighted by molar-refractivity contribution is 7.89. The molecule has 0 atom stereocenters. The Morgan fingerprint density at radius 1 is 0.967 bits per heavy atom. The molecule has 0 unspecified atom stereocenters. The Bertz CT molecular complexity index is 934. The summed E-state index contributed by atoms with van der Waals surface area (Å²) in [6.07, 6.45) is 6.73. The summed E-state index contributed by atoms with van der Waals surface area (Å²) < 4.78 is 32.2. The molecule has 30 heavy (non-hydrogen) atoms. The lowest BCUT2D eigenvalue weighted by Crippen LogP contribution is -2.38. The molecule has 1 aromatic carbocycles. The number of carbonyl (C=O) groups excluding carboxylic acids is 2. The molecule has 0 radical (unpaired) electrons. The van der Waals surface area contributed by atoms with E-state index in [0.29, 0.717) is 24.4 Å². The number of nitrogens with one attached hydrogen (secondary N) is 3. The van der Waals surface area contributed by atoms with Gasteiger partial charge in [-0.1, -0.05) is 19.3 Å². The van der Waals surface area contributed by atoms with Crippen molar-refractivity contribution in [1.82, 2.24) is 15.4 Å². The number of carbonyl (C=O) groups is 2. The number of furan rings is 1. The van der Waals surface area contributed by atoms with Crippen LogP contribution in [0.3, 0.4) is 0 Å². The van der Waals surface area contributed by atoms with Crippen LogP contribution >= 0.6 is 0 Å². The molecule has 162 valence electrons. The predicted octanol–water partition coefficient (Wildman–Crippen LogP) is 2.18. The van der Waals surface area contributed by atoms with Crippen LogP contribution in [0.15, 0.2) is 52.0 Å². The third-order valence-electron chi connectivity index (χ3n) is 5.13. The van der Waals surface area contributed by atoms with Crippen molar-refractivity contribution in [3.05, 3.63) is 54.0 Å². The van der Waals surface area contributed by atoms with Crippen LogP contribution in [0.25, 0.3) is 0 Å². The van der Waals surface area contributed by atoms with Gasteiger partial charge in [0.15, 0.2) is 0 Å². The van der Waals surface area contributed by atoms with Crippen molar-refractivity contribution in [3.8, 4) is 0 Å². The minimum absolute atomic E-state index is 0.0458. The number of benzene rings is 1. The van der Waals surface area contributed by atoms with Gasteiger partial charge >= 0.3 is 0 Å². The summed E-state index contributed by atoms with van der Waals surface area (Å²) >= 11 is 0. The van der Waals surface area contributed by atoms with E-state index in [9.17, 15) is 18.0 Å². The minimum Gasteiger partial charge on any atom is -0.468 e. The van der Waals surface area contributed by atoms with Crippen LogP contribution in [0.1, 0.15) is 48.2 Å². The van der Waals surface area contributed by atoms with Crippen LogP contribution in [0, 0.1) is 5.92 Å². The van der Waals surface area contributed by atoms with Crippen molar-refractivity contribution in [2.75, 3.05) is 13.1 Å². The third kappa shape index (κ3) is 6.17. The van der Waals surface area contributed by atoms with Gasteiger partial charge in [0.05, 0.1) is 17.7 Å². The van der Waals surface area contributed by atoms with Crippen LogP contribution in [0.2, 0.25) is 0 Å². The fraction of sp³-hybridized carbons (Fsp3) is 0.429. The third-order valence-corrected chi connectivity index (χ3v) is 6.55. The van der Waals surface area contributed by atoms with Crippen LogP contribution in [0.5, 0.6) is 0 Å². The Kier molecular flexibility index (Phi) is 7.64. The van der Waals surface area contributed by atoms with Gasteiger partial charge in [0, 0.05) is 24.6 Å². The molecule has 1 aromatic heterocycles. The normalized spacial score (nSPS) is 14.9. The zero-order valence-electron chi connectivity index (χ0n) is 16.7. The zero-order chi connectivity index (χ0) is 21.4. The summed E-state index contributed by atoms with van der Waals surface area (Å²) in [4.78, 5) is 24.4. The lowest BCUT2D eigenvalue weighted by Gasteiger charge is -2.20. The molecule has 1 fully saturated rings. The number of sulfonamides is 1. The maximum Gasteiger partial charge on any atom is 0.251 e. The predicted molar refractivity (Wildman–Crippen MR) is 111 cm³/mol. The highest BCUT2D eigenvalue weighted by Gasteiger charge is 2.20. The Morgan fingerprint density at radius 3 is 2.33 bits per heavy atom. The summed E-state index contributed by atoms with van der Waals surface area (Å²) in [6.45, 7) is 0.719. The first-order valence-corrected chi connectivity index (χ1v) is 11.6. The largest absolute Gasteiger partial charge is 0.468 e. The molecule has 3 rings (SSSR count). The second-order valence-electron chi connectivity index (χ2n) is 7.31. The molecule has 3 N–H and O–H groups in total. The summed E-state index contributed by atoms with van der Waals surface area (Å²) in [7, 11) is -3.71. The maximum absolute atomic E-state index is 12.3. The summed E-state index contributed by atoms with van der Waals surface area (Å²) in [5.41, 5.74) is 0.346. The minimum atomic E-state index is -3.71. The second kappa shape index (κ2) is 10.4. The first-order chi connectivity index (χ1) is 14.5. The Balaban J connectivity index is 1.43. The zero-order valence-corrected chi connectivity index (χ0v) is 17.5. The summed E-state index contributed by atoms with van der Waals surface area (Å²) in [6, 6.07) is 9.02. The second-order valence-corrected chi connectivity index (χ2v) is 9.08. The van der Waals surface area contributed by atoms with Gasteiger partial charge in [-0.25, -0.2) is 13.1 Å². The van der Waals surface area contributed by atoms with Crippen LogP contribution in [0.4, 0.5) is 0 Å². The van der Waals surface area contributed by atoms with E-state index < -0.39 is 10.0 Å². The molecule has 1 aliphatic carbocycles.